The third-order valence-electron chi connectivity index (χ3n) is 3.60. The minimum atomic E-state index is -0.731. The van der Waals surface area contributed by atoms with Crippen LogP contribution in [0, 0.1) is 5.92 Å². The Morgan fingerprint density at radius 1 is 1.25 bits per heavy atom. The van der Waals surface area contributed by atoms with E-state index in [-0.39, 0.29) is 4.75 Å². The Bertz CT molecular complexity index is 229. The maximum absolute atomic E-state index is 12.1. The lowest BCUT2D eigenvalue weighted by atomic mass is 9.84. The molecular weight excluding hydrogens is 218 g/mol. The number of hydrogen-bond donors (Lipinski definition) is 1. The third kappa shape index (κ3) is 4.17. The quantitative estimate of drug-likeness (QED) is 0.825. The second-order valence-corrected chi connectivity index (χ2v) is 8.17. The van der Waals surface area contributed by atoms with Crippen LogP contribution in [0.15, 0.2) is 0 Å². The van der Waals surface area contributed by atoms with Gasteiger partial charge in [-0.15, -0.1) is 0 Å². The van der Waals surface area contributed by atoms with Crippen LogP contribution in [-0.4, -0.2) is 27.8 Å². The van der Waals surface area contributed by atoms with Crippen molar-refractivity contribution in [3.8, 4) is 0 Å². The lowest BCUT2D eigenvalue weighted by molar-refractivity contribution is 0.293. The van der Waals surface area contributed by atoms with Gasteiger partial charge in [-0.3, -0.25) is 4.21 Å². The SMILES string of the molecule is CNC(CS(=O)C(C)(C)C)C1CCCCC1. The fourth-order valence-electron chi connectivity index (χ4n) is 2.40. The van der Waals surface area contributed by atoms with Crippen LogP contribution in [0.1, 0.15) is 52.9 Å². The second kappa shape index (κ2) is 6.15. The topological polar surface area (TPSA) is 29.1 Å². The molecule has 2 atom stereocenters. The molecule has 1 N–H and O–H groups in total. The summed E-state index contributed by atoms with van der Waals surface area (Å²) in [4.78, 5) is 0. The molecule has 2 nitrogen and oxygen atoms in total. The zero-order valence-corrected chi connectivity index (χ0v) is 12.0. The maximum Gasteiger partial charge on any atom is 0.0396 e. The predicted molar refractivity (Wildman–Crippen MR) is 72.2 cm³/mol. The summed E-state index contributed by atoms with van der Waals surface area (Å²) in [7, 11) is 1.28. The summed E-state index contributed by atoms with van der Waals surface area (Å²) in [6.07, 6.45) is 6.71. The molecule has 0 aromatic rings. The fraction of sp³-hybridized carbons (Fsp3) is 1.00. The molecule has 1 rings (SSSR count). The Morgan fingerprint density at radius 3 is 2.25 bits per heavy atom. The molecule has 1 fully saturated rings. The van der Waals surface area contributed by atoms with Gasteiger partial charge in [-0.25, -0.2) is 0 Å². The lowest BCUT2D eigenvalue weighted by Crippen LogP contribution is -2.42. The van der Waals surface area contributed by atoms with Crippen LogP contribution >= 0.6 is 0 Å². The highest BCUT2D eigenvalue weighted by Crippen LogP contribution is 2.27. The average Bonchev–Trinajstić information content (AvgIpc) is 2.25. The molecule has 1 aliphatic carbocycles. The van der Waals surface area contributed by atoms with E-state index in [9.17, 15) is 4.21 Å². The Kier molecular flexibility index (Phi) is 5.45. The van der Waals surface area contributed by atoms with Gasteiger partial charge in [0.2, 0.25) is 0 Å². The summed E-state index contributed by atoms with van der Waals surface area (Å²) in [5, 5.41) is 3.38. The molecule has 0 spiro atoms. The van der Waals surface area contributed by atoms with Crippen molar-refractivity contribution in [3.05, 3.63) is 0 Å². The molecule has 3 heteroatoms. The predicted octanol–water partition coefficient (Wildman–Crippen LogP) is 2.70. The summed E-state index contributed by atoms with van der Waals surface area (Å²) in [6, 6.07) is 0.445. The highest BCUT2D eigenvalue weighted by molar-refractivity contribution is 7.86. The zero-order chi connectivity index (χ0) is 12.2. The van der Waals surface area contributed by atoms with Crippen molar-refractivity contribution in [2.75, 3.05) is 12.8 Å². The fourth-order valence-corrected chi connectivity index (χ4v) is 3.67. The van der Waals surface area contributed by atoms with Gasteiger partial charge >= 0.3 is 0 Å². The van der Waals surface area contributed by atoms with Gasteiger partial charge in [0, 0.05) is 27.3 Å². The standard InChI is InChI=1S/C13H27NOS/c1-13(2,3)16(15)10-12(14-4)11-8-6-5-7-9-11/h11-12,14H,5-10H2,1-4H3. The van der Waals surface area contributed by atoms with Crippen molar-refractivity contribution in [2.45, 2.75) is 63.7 Å². The first-order chi connectivity index (χ1) is 7.45. The zero-order valence-electron chi connectivity index (χ0n) is 11.2. The summed E-state index contributed by atoms with van der Waals surface area (Å²) >= 11 is 0. The first kappa shape index (κ1) is 14.2. The van der Waals surface area contributed by atoms with Crippen LogP contribution in [0.4, 0.5) is 0 Å². The Labute approximate surface area is 103 Å². The van der Waals surface area contributed by atoms with Crippen LogP contribution in [0.3, 0.4) is 0 Å². The molecule has 0 aromatic heterocycles. The molecule has 1 aliphatic rings. The lowest BCUT2D eigenvalue weighted by Gasteiger charge is -2.31. The summed E-state index contributed by atoms with van der Waals surface area (Å²) < 4.78 is 12.1. The van der Waals surface area contributed by atoms with E-state index in [0.717, 1.165) is 11.7 Å². The van der Waals surface area contributed by atoms with Gasteiger partial charge in [0.05, 0.1) is 0 Å². The van der Waals surface area contributed by atoms with E-state index in [1.165, 1.54) is 32.1 Å². The summed E-state index contributed by atoms with van der Waals surface area (Å²) in [6.45, 7) is 6.20. The number of hydrogen-bond acceptors (Lipinski definition) is 2. The van der Waals surface area contributed by atoms with Gasteiger partial charge in [0.1, 0.15) is 0 Å². The van der Waals surface area contributed by atoms with Crippen LogP contribution < -0.4 is 5.32 Å². The Hall–Kier alpha value is 0.110. The molecule has 0 bridgehead atoms. The van der Waals surface area contributed by atoms with Crippen LogP contribution in [-0.2, 0) is 10.8 Å². The maximum atomic E-state index is 12.1. The van der Waals surface area contributed by atoms with E-state index in [0.29, 0.717) is 6.04 Å². The van der Waals surface area contributed by atoms with E-state index in [4.69, 9.17) is 0 Å². The molecule has 0 heterocycles. The highest BCUT2D eigenvalue weighted by Gasteiger charge is 2.28. The van der Waals surface area contributed by atoms with Crippen LogP contribution in [0.25, 0.3) is 0 Å². The van der Waals surface area contributed by atoms with E-state index in [2.05, 4.69) is 26.1 Å². The molecule has 16 heavy (non-hydrogen) atoms. The molecule has 0 saturated heterocycles. The van der Waals surface area contributed by atoms with Crippen LogP contribution in [0.2, 0.25) is 0 Å². The molecule has 96 valence electrons. The van der Waals surface area contributed by atoms with Gasteiger partial charge in [-0.1, -0.05) is 19.3 Å². The minimum Gasteiger partial charge on any atom is -0.316 e. The van der Waals surface area contributed by atoms with Crippen molar-refractivity contribution in [1.82, 2.24) is 5.32 Å². The average molecular weight is 245 g/mol. The van der Waals surface area contributed by atoms with Gasteiger partial charge < -0.3 is 5.32 Å². The van der Waals surface area contributed by atoms with Gasteiger partial charge in [0.25, 0.3) is 0 Å². The van der Waals surface area contributed by atoms with Gasteiger partial charge in [-0.2, -0.15) is 0 Å². The molecule has 1 saturated carbocycles. The van der Waals surface area contributed by atoms with Crippen molar-refractivity contribution >= 4 is 10.8 Å². The van der Waals surface area contributed by atoms with Crippen molar-refractivity contribution < 1.29 is 4.21 Å². The first-order valence-electron chi connectivity index (χ1n) is 6.51. The largest absolute Gasteiger partial charge is 0.316 e. The van der Waals surface area contributed by atoms with E-state index in [1.54, 1.807) is 0 Å². The monoisotopic (exact) mass is 245 g/mol. The Morgan fingerprint density at radius 2 is 1.81 bits per heavy atom. The van der Waals surface area contributed by atoms with Gasteiger partial charge in [-0.05, 0) is 46.6 Å². The van der Waals surface area contributed by atoms with E-state index in [1.807, 2.05) is 7.05 Å². The highest BCUT2D eigenvalue weighted by atomic mass is 32.2. The van der Waals surface area contributed by atoms with Crippen molar-refractivity contribution in [1.29, 1.82) is 0 Å². The summed E-state index contributed by atoms with van der Waals surface area (Å²) in [5.41, 5.74) is 0. The van der Waals surface area contributed by atoms with Crippen molar-refractivity contribution in [3.63, 3.8) is 0 Å². The number of nitrogens with one attached hydrogen (secondary N) is 1. The van der Waals surface area contributed by atoms with Crippen LogP contribution in [0.5, 0.6) is 0 Å². The Balaban J connectivity index is 2.50. The molecule has 0 aromatic carbocycles. The smallest absolute Gasteiger partial charge is 0.0396 e. The molecule has 0 amide bonds. The van der Waals surface area contributed by atoms with Crippen molar-refractivity contribution in [2.24, 2.45) is 5.92 Å². The molecular formula is C13H27NOS. The summed E-state index contributed by atoms with van der Waals surface area (Å²) in [5.74, 6) is 1.55. The molecule has 0 aliphatic heterocycles. The van der Waals surface area contributed by atoms with Gasteiger partial charge in [0.15, 0.2) is 0 Å². The normalized spacial score (nSPS) is 23.0. The number of rotatable bonds is 4. The molecule has 0 radical (unpaired) electrons. The minimum absolute atomic E-state index is 0.0796. The van der Waals surface area contributed by atoms with E-state index >= 15 is 0 Å². The second-order valence-electron chi connectivity index (χ2n) is 5.92. The van der Waals surface area contributed by atoms with E-state index < -0.39 is 10.8 Å². The molecule has 2 unspecified atom stereocenters. The third-order valence-corrected chi connectivity index (χ3v) is 5.63. The first-order valence-corrected chi connectivity index (χ1v) is 7.83.